The average molecular weight is 256 g/mol. The van der Waals surface area contributed by atoms with Crippen molar-refractivity contribution in [1.29, 1.82) is 0 Å². The molecule has 0 unspecified atom stereocenters. The van der Waals surface area contributed by atoms with Crippen molar-refractivity contribution >= 4 is 12.2 Å². The first-order valence-corrected chi connectivity index (χ1v) is 4.85. The second kappa shape index (κ2) is 4.52. The van der Waals surface area contributed by atoms with E-state index in [-0.39, 0.29) is 5.69 Å². The first-order chi connectivity index (χ1) is 8.45. The summed E-state index contributed by atoms with van der Waals surface area (Å²) in [4.78, 5) is 16.0. The number of hydrogen-bond donors (Lipinski definition) is 1. The zero-order valence-corrected chi connectivity index (χ0v) is 8.86. The first-order valence-electron chi connectivity index (χ1n) is 4.85. The summed E-state index contributed by atoms with van der Waals surface area (Å²) < 4.78 is 42.2. The molecule has 0 saturated heterocycles. The van der Waals surface area contributed by atoms with Crippen LogP contribution in [0.25, 0.3) is 12.2 Å². The van der Waals surface area contributed by atoms with E-state index in [0.29, 0.717) is 5.76 Å². The number of nitrogens with zero attached hydrogens (tertiary/aromatic N) is 1. The van der Waals surface area contributed by atoms with Crippen molar-refractivity contribution in [3.05, 3.63) is 52.1 Å². The van der Waals surface area contributed by atoms with Crippen LogP contribution < -0.4 is 5.69 Å². The Morgan fingerprint density at radius 2 is 2.11 bits per heavy atom. The third-order valence-corrected chi connectivity index (χ3v) is 2.03. The van der Waals surface area contributed by atoms with E-state index in [4.69, 9.17) is 4.42 Å². The van der Waals surface area contributed by atoms with Gasteiger partial charge in [0.05, 0.1) is 12.0 Å². The van der Waals surface area contributed by atoms with E-state index >= 15 is 0 Å². The van der Waals surface area contributed by atoms with Crippen LogP contribution in [0.15, 0.2) is 33.7 Å². The molecule has 0 radical (unpaired) electrons. The monoisotopic (exact) mass is 256 g/mol. The highest BCUT2D eigenvalue weighted by Crippen LogP contribution is 2.26. The van der Waals surface area contributed by atoms with Crippen LogP contribution in [0.1, 0.15) is 17.1 Å². The van der Waals surface area contributed by atoms with Crippen molar-refractivity contribution in [3.8, 4) is 0 Å². The molecule has 7 heteroatoms. The summed E-state index contributed by atoms with van der Waals surface area (Å²) in [5.41, 5.74) is -2.28. The minimum absolute atomic E-state index is 0.0949. The summed E-state index contributed by atoms with van der Waals surface area (Å²) in [6.07, 6.45) is -0.507. The Kier molecular flexibility index (Phi) is 3.05. The number of aromatic amines is 1. The molecule has 94 valence electrons. The summed E-state index contributed by atoms with van der Waals surface area (Å²) in [7, 11) is 0. The minimum Gasteiger partial charge on any atom is -0.465 e. The van der Waals surface area contributed by atoms with Crippen molar-refractivity contribution in [1.82, 2.24) is 9.97 Å². The fraction of sp³-hybridized carbons (Fsp3) is 0.0909. The van der Waals surface area contributed by atoms with Gasteiger partial charge in [0.1, 0.15) is 11.5 Å². The molecule has 4 nitrogen and oxygen atoms in total. The SMILES string of the molecule is O=c1nc(/C=C/c2ccco2)cc(C(F)(F)F)[nH]1. The lowest BCUT2D eigenvalue weighted by Crippen LogP contribution is -2.19. The number of hydrogen-bond acceptors (Lipinski definition) is 3. The lowest BCUT2D eigenvalue weighted by atomic mass is 10.3. The Hall–Kier alpha value is -2.31. The zero-order valence-electron chi connectivity index (χ0n) is 8.86. The molecular weight excluding hydrogens is 249 g/mol. The molecule has 0 aromatic carbocycles. The van der Waals surface area contributed by atoms with E-state index < -0.39 is 17.6 Å². The molecule has 0 fully saturated rings. The molecule has 2 heterocycles. The third-order valence-electron chi connectivity index (χ3n) is 2.03. The zero-order chi connectivity index (χ0) is 13.2. The summed E-state index contributed by atoms with van der Waals surface area (Å²) in [5.74, 6) is 0.450. The average Bonchev–Trinajstić information content (AvgIpc) is 2.77. The van der Waals surface area contributed by atoms with E-state index in [1.54, 1.807) is 17.1 Å². The summed E-state index contributed by atoms with van der Waals surface area (Å²) in [6.45, 7) is 0. The standard InChI is InChI=1S/C11H7F3N2O2/c12-11(13,14)9-6-7(15-10(17)16-9)3-4-8-2-1-5-18-8/h1-6H,(H,15,16,17)/b4-3+. The van der Waals surface area contributed by atoms with Gasteiger partial charge in [-0.3, -0.25) is 0 Å². The van der Waals surface area contributed by atoms with Crippen LogP contribution >= 0.6 is 0 Å². The highest BCUT2D eigenvalue weighted by Gasteiger charge is 2.32. The van der Waals surface area contributed by atoms with Gasteiger partial charge < -0.3 is 9.40 Å². The molecule has 2 rings (SSSR count). The van der Waals surface area contributed by atoms with Crippen molar-refractivity contribution in [2.75, 3.05) is 0 Å². The van der Waals surface area contributed by atoms with Gasteiger partial charge in [0.2, 0.25) is 0 Å². The maximum atomic E-state index is 12.4. The van der Waals surface area contributed by atoms with Crippen LogP contribution in [0.5, 0.6) is 0 Å². The second-order valence-corrected chi connectivity index (χ2v) is 3.37. The molecule has 0 atom stereocenters. The molecule has 0 saturated carbocycles. The molecule has 0 aliphatic carbocycles. The molecule has 2 aromatic rings. The summed E-state index contributed by atoms with van der Waals surface area (Å²) >= 11 is 0. The number of rotatable bonds is 2. The number of alkyl halides is 3. The van der Waals surface area contributed by atoms with E-state index in [1.165, 1.54) is 18.4 Å². The predicted molar refractivity (Wildman–Crippen MR) is 57.5 cm³/mol. The fourth-order valence-corrected chi connectivity index (χ4v) is 1.27. The lowest BCUT2D eigenvalue weighted by Gasteiger charge is -2.05. The van der Waals surface area contributed by atoms with Gasteiger partial charge in [0.15, 0.2) is 0 Å². The van der Waals surface area contributed by atoms with Gasteiger partial charge in [-0.15, -0.1) is 0 Å². The van der Waals surface area contributed by atoms with Gasteiger partial charge in [-0.1, -0.05) is 0 Å². The van der Waals surface area contributed by atoms with Crippen LogP contribution in [0.2, 0.25) is 0 Å². The van der Waals surface area contributed by atoms with Crippen LogP contribution in [0.4, 0.5) is 13.2 Å². The molecule has 0 spiro atoms. The quantitative estimate of drug-likeness (QED) is 0.898. The third kappa shape index (κ3) is 2.88. The van der Waals surface area contributed by atoms with Crippen LogP contribution in [0, 0.1) is 0 Å². The number of halogens is 3. The van der Waals surface area contributed by atoms with Crippen LogP contribution in [-0.4, -0.2) is 9.97 Å². The van der Waals surface area contributed by atoms with Crippen molar-refractivity contribution in [3.63, 3.8) is 0 Å². The number of nitrogens with one attached hydrogen (secondary N) is 1. The maximum absolute atomic E-state index is 12.4. The Balaban J connectivity index is 2.35. The molecule has 0 aliphatic heterocycles. The normalized spacial score (nSPS) is 12.2. The molecule has 0 amide bonds. The first kappa shape index (κ1) is 12.2. The molecule has 2 aromatic heterocycles. The Bertz CT molecular complexity index is 612. The number of furan rings is 1. The smallest absolute Gasteiger partial charge is 0.431 e. The Morgan fingerprint density at radius 1 is 1.33 bits per heavy atom. The van der Waals surface area contributed by atoms with Gasteiger partial charge in [-0.2, -0.15) is 18.2 Å². The molecule has 0 bridgehead atoms. The fourth-order valence-electron chi connectivity index (χ4n) is 1.27. The van der Waals surface area contributed by atoms with Gasteiger partial charge in [-0.25, -0.2) is 4.79 Å². The number of aromatic nitrogens is 2. The number of H-pyrrole nitrogens is 1. The summed E-state index contributed by atoms with van der Waals surface area (Å²) in [5, 5.41) is 0. The summed E-state index contributed by atoms with van der Waals surface area (Å²) in [6, 6.07) is 4.00. The molecule has 18 heavy (non-hydrogen) atoms. The largest absolute Gasteiger partial charge is 0.465 e. The highest BCUT2D eigenvalue weighted by atomic mass is 19.4. The van der Waals surface area contributed by atoms with Crippen molar-refractivity contribution < 1.29 is 17.6 Å². The molecule has 0 aliphatic rings. The van der Waals surface area contributed by atoms with Crippen molar-refractivity contribution in [2.45, 2.75) is 6.18 Å². The highest BCUT2D eigenvalue weighted by molar-refractivity contribution is 5.65. The lowest BCUT2D eigenvalue weighted by molar-refractivity contribution is -0.141. The van der Waals surface area contributed by atoms with Gasteiger partial charge in [0, 0.05) is 0 Å². The van der Waals surface area contributed by atoms with E-state index in [1.807, 2.05) is 0 Å². The van der Waals surface area contributed by atoms with Gasteiger partial charge in [0.25, 0.3) is 0 Å². The van der Waals surface area contributed by atoms with E-state index in [9.17, 15) is 18.0 Å². The Labute approximate surface area is 98.8 Å². The van der Waals surface area contributed by atoms with Crippen LogP contribution in [0.3, 0.4) is 0 Å². The second-order valence-electron chi connectivity index (χ2n) is 3.37. The topological polar surface area (TPSA) is 58.9 Å². The van der Waals surface area contributed by atoms with E-state index in [2.05, 4.69) is 4.98 Å². The van der Waals surface area contributed by atoms with E-state index in [0.717, 1.165) is 6.07 Å². The minimum atomic E-state index is -4.62. The van der Waals surface area contributed by atoms with Crippen LogP contribution in [-0.2, 0) is 6.18 Å². The van der Waals surface area contributed by atoms with Gasteiger partial charge in [-0.05, 0) is 30.4 Å². The molecular formula is C11H7F3N2O2. The van der Waals surface area contributed by atoms with Gasteiger partial charge >= 0.3 is 11.9 Å². The predicted octanol–water partition coefficient (Wildman–Crippen LogP) is 2.55. The van der Waals surface area contributed by atoms with Crippen molar-refractivity contribution in [2.24, 2.45) is 0 Å². The maximum Gasteiger partial charge on any atom is 0.431 e. The Morgan fingerprint density at radius 3 is 2.72 bits per heavy atom. The molecule has 1 N–H and O–H groups in total.